The van der Waals surface area contributed by atoms with E-state index < -0.39 is 0 Å². The van der Waals surface area contributed by atoms with Crippen LogP contribution in [-0.2, 0) is 0 Å². The highest BCUT2D eigenvalue weighted by atomic mass is 35.5. The summed E-state index contributed by atoms with van der Waals surface area (Å²) in [7, 11) is 0. The second-order valence-electron chi connectivity index (χ2n) is 5.59. The van der Waals surface area contributed by atoms with Gasteiger partial charge in [0.1, 0.15) is 6.17 Å². The summed E-state index contributed by atoms with van der Waals surface area (Å²) in [5.41, 5.74) is 2.67. The normalized spacial score (nSPS) is 20.9. The van der Waals surface area contributed by atoms with Crippen LogP contribution < -0.4 is 5.32 Å². The van der Waals surface area contributed by atoms with Crippen LogP contribution in [0.2, 0.25) is 5.02 Å². The third-order valence-electron chi connectivity index (χ3n) is 4.07. The smallest absolute Gasteiger partial charge is 0.258 e. The van der Waals surface area contributed by atoms with E-state index in [-0.39, 0.29) is 12.1 Å². The van der Waals surface area contributed by atoms with Gasteiger partial charge in [-0.15, -0.1) is 0 Å². The largest absolute Gasteiger partial charge is 0.361 e. The summed E-state index contributed by atoms with van der Waals surface area (Å²) < 4.78 is 0. The SMILES string of the molecule is O=C1c2ccccc2N[C@H](c2cccc(Cl)c2)N1C1CC1. The molecule has 0 bridgehead atoms. The molecule has 2 aromatic rings. The predicted octanol–water partition coefficient (Wildman–Crippen LogP) is 4.07. The van der Waals surface area contributed by atoms with E-state index >= 15 is 0 Å². The first-order valence-corrected chi connectivity index (χ1v) is 7.55. The van der Waals surface area contributed by atoms with E-state index in [2.05, 4.69) is 5.32 Å². The van der Waals surface area contributed by atoms with Crippen molar-refractivity contribution < 1.29 is 4.79 Å². The average molecular weight is 299 g/mol. The molecule has 1 atom stereocenters. The summed E-state index contributed by atoms with van der Waals surface area (Å²) in [6, 6.07) is 15.7. The van der Waals surface area contributed by atoms with E-state index in [1.807, 2.05) is 53.4 Å². The third-order valence-corrected chi connectivity index (χ3v) is 4.30. The fourth-order valence-corrected chi connectivity index (χ4v) is 3.12. The van der Waals surface area contributed by atoms with Crippen molar-refractivity contribution in [3.05, 3.63) is 64.7 Å². The number of benzene rings is 2. The number of hydrogen-bond acceptors (Lipinski definition) is 2. The van der Waals surface area contributed by atoms with Crippen molar-refractivity contribution >= 4 is 23.2 Å². The lowest BCUT2D eigenvalue weighted by atomic mass is 10.0. The first-order chi connectivity index (χ1) is 10.2. The highest BCUT2D eigenvalue weighted by molar-refractivity contribution is 6.30. The van der Waals surface area contributed by atoms with Crippen molar-refractivity contribution in [2.45, 2.75) is 25.0 Å². The van der Waals surface area contributed by atoms with Crippen LogP contribution in [0.4, 0.5) is 5.69 Å². The van der Waals surface area contributed by atoms with Gasteiger partial charge < -0.3 is 10.2 Å². The Hall–Kier alpha value is -2.00. The van der Waals surface area contributed by atoms with Crippen molar-refractivity contribution in [3.8, 4) is 0 Å². The molecular weight excluding hydrogens is 284 g/mol. The van der Waals surface area contributed by atoms with Gasteiger partial charge in [0.25, 0.3) is 5.91 Å². The number of anilines is 1. The Morgan fingerprint density at radius 3 is 2.67 bits per heavy atom. The van der Waals surface area contributed by atoms with Crippen molar-refractivity contribution in [2.75, 3.05) is 5.32 Å². The molecule has 1 amide bonds. The molecule has 0 unspecified atom stereocenters. The Kier molecular flexibility index (Phi) is 2.89. The highest BCUT2D eigenvalue weighted by Gasteiger charge is 2.41. The molecule has 4 rings (SSSR count). The lowest BCUT2D eigenvalue weighted by Gasteiger charge is -2.38. The predicted molar refractivity (Wildman–Crippen MR) is 83.4 cm³/mol. The Morgan fingerprint density at radius 2 is 1.90 bits per heavy atom. The van der Waals surface area contributed by atoms with Crippen LogP contribution in [0.15, 0.2) is 48.5 Å². The molecule has 0 spiro atoms. The summed E-state index contributed by atoms with van der Waals surface area (Å²) in [6.45, 7) is 0. The van der Waals surface area contributed by atoms with Crippen molar-refractivity contribution in [3.63, 3.8) is 0 Å². The molecule has 1 N–H and O–H groups in total. The monoisotopic (exact) mass is 298 g/mol. The van der Waals surface area contributed by atoms with E-state index in [0.29, 0.717) is 11.1 Å². The van der Waals surface area contributed by atoms with Crippen molar-refractivity contribution in [1.82, 2.24) is 4.90 Å². The summed E-state index contributed by atoms with van der Waals surface area (Å²) in [6.07, 6.45) is 2.01. The van der Waals surface area contributed by atoms with Gasteiger partial charge in [0.05, 0.1) is 5.56 Å². The number of rotatable bonds is 2. The zero-order valence-corrected chi connectivity index (χ0v) is 12.2. The quantitative estimate of drug-likeness (QED) is 0.906. The van der Waals surface area contributed by atoms with E-state index in [1.54, 1.807) is 0 Å². The van der Waals surface area contributed by atoms with Gasteiger partial charge in [-0.3, -0.25) is 4.79 Å². The van der Waals surface area contributed by atoms with E-state index in [0.717, 1.165) is 29.7 Å². The van der Waals surface area contributed by atoms with Gasteiger partial charge in [-0.1, -0.05) is 35.9 Å². The minimum Gasteiger partial charge on any atom is -0.361 e. The zero-order valence-electron chi connectivity index (χ0n) is 11.4. The van der Waals surface area contributed by atoms with Crippen LogP contribution in [0.3, 0.4) is 0 Å². The molecule has 1 saturated carbocycles. The summed E-state index contributed by atoms with van der Waals surface area (Å²) >= 11 is 6.11. The molecule has 0 aromatic heterocycles. The van der Waals surface area contributed by atoms with Gasteiger partial charge >= 0.3 is 0 Å². The molecule has 106 valence electrons. The first kappa shape index (κ1) is 12.7. The van der Waals surface area contributed by atoms with E-state index in [9.17, 15) is 4.79 Å². The molecule has 21 heavy (non-hydrogen) atoms. The summed E-state index contributed by atoms with van der Waals surface area (Å²) in [5.74, 6) is 0.108. The van der Waals surface area contributed by atoms with Crippen LogP contribution >= 0.6 is 11.6 Å². The van der Waals surface area contributed by atoms with Gasteiger partial charge in [-0.25, -0.2) is 0 Å². The fraction of sp³-hybridized carbons (Fsp3) is 0.235. The van der Waals surface area contributed by atoms with Gasteiger partial charge in [-0.2, -0.15) is 0 Å². The van der Waals surface area contributed by atoms with E-state index in [4.69, 9.17) is 11.6 Å². The number of amides is 1. The average Bonchev–Trinajstić information content (AvgIpc) is 3.32. The van der Waals surface area contributed by atoms with Gasteiger partial charge in [0.15, 0.2) is 0 Å². The van der Waals surface area contributed by atoms with Crippen molar-refractivity contribution in [2.24, 2.45) is 0 Å². The van der Waals surface area contributed by atoms with E-state index in [1.165, 1.54) is 0 Å². The number of carbonyl (C=O) groups excluding carboxylic acids is 1. The number of carbonyl (C=O) groups is 1. The Labute approximate surface area is 128 Å². The van der Waals surface area contributed by atoms with Gasteiger partial charge in [-0.05, 0) is 42.7 Å². The van der Waals surface area contributed by atoms with Crippen LogP contribution in [0.1, 0.15) is 34.9 Å². The standard InChI is InChI=1S/C17H15ClN2O/c18-12-5-3-4-11(10-12)16-19-15-7-2-1-6-14(15)17(21)20(16)13-8-9-13/h1-7,10,13,16,19H,8-9H2/t16-/m0/s1. The number of hydrogen-bond donors (Lipinski definition) is 1. The van der Waals surface area contributed by atoms with Gasteiger partial charge in [0.2, 0.25) is 0 Å². The second kappa shape index (κ2) is 4.78. The molecule has 0 radical (unpaired) electrons. The summed E-state index contributed by atoms with van der Waals surface area (Å²) in [4.78, 5) is 14.8. The number of halogens is 1. The molecule has 3 nitrogen and oxygen atoms in total. The molecule has 1 aliphatic heterocycles. The second-order valence-corrected chi connectivity index (χ2v) is 6.03. The molecule has 1 aliphatic carbocycles. The van der Waals surface area contributed by atoms with Crippen LogP contribution in [0, 0.1) is 0 Å². The fourth-order valence-electron chi connectivity index (χ4n) is 2.92. The minimum absolute atomic E-state index is 0.108. The zero-order chi connectivity index (χ0) is 14.4. The molecule has 1 fully saturated rings. The lowest BCUT2D eigenvalue weighted by Crippen LogP contribution is -2.44. The number of nitrogens with zero attached hydrogens (tertiary/aromatic N) is 1. The van der Waals surface area contributed by atoms with Crippen LogP contribution in [0.5, 0.6) is 0 Å². The molecule has 1 heterocycles. The maximum absolute atomic E-state index is 12.8. The topological polar surface area (TPSA) is 32.3 Å². The number of para-hydroxylation sites is 1. The summed E-state index contributed by atoms with van der Waals surface area (Å²) in [5, 5.41) is 4.18. The number of nitrogens with one attached hydrogen (secondary N) is 1. The lowest BCUT2D eigenvalue weighted by molar-refractivity contribution is 0.0666. The molecule has 0 saturated heterocycles. The molecular formula is C17H15ClN2O. The minimum atomic E-state index is -0.140. The Bertz CT molecular complexity index is 711. The number of fused-ring (bicyclic) bond motifs is 1. The molecule has 2 aromatic carbocycles. The third kappa shape index (κ3) is 2.18. The van der Waals surface area contributed by atoms with Crippen LogP contribution in [0.25, 0.3) is 0 Å². The maximum Gasteiger partial charge on any atom is 0.258 e. The van der Waals surface area contributed by atoms with Gasteiger partial charge in [0, 0.05) is 16.8 Å². The van der Waals surface area contributed by atoms with Crippen LogP contribution in [-0.4, -0.2) is 16.8 Å². The first-order valence-electron chi connectivity index (χ1n) is 7.18. The Morgan fingerprint density at radius 1 is 1.10 bits per heavy atom. The maximum atomic E-state index is 12.8. The Balaban J connectivity index is 1.80. The molecule has 2 aliphatic rings. The molecule has 4 heteroatoms. The van der Waals surface area contributed by atoms with Crippen molar-refractivity contribution in [1.29, 1.82) is 0 Å². The highest BCUT2D eigenvalue weighted by Crippen LogP contribution is 2.40.